The number of benzene rings is 2. The molecule has 6 heterocycles. The van der Waals surface area contributed by atoms with Crippen molar-refractivity contribution in [1.29, 1.82) is 0 Å². The molecule has 0 saturated heterocycles. The third-order valence-electron chi connectivity index (χ3n) is 6.72. The van der Waals surface area contributed by atoms with E-state index < -0.39 is 58.2 Å². The van der Waals surface area contributed by atoms with Crippen LogP contribution in [-0.2, 0) is 0 Å². The summed E-state index contributed by atoms with van der Waals surface area (Å²) < 4.78 is 113. The lowest BCUT2D eigenvalue weighted by Gasteiger charge is -2.02. The maximum atomic E-state index is 14.3. The Hall–Kier alpha value is -4.52. The van der Waals surface area contributed by atoms with Crippen LogP contribution in [0.3, 0.4) is 0 Å². The van der Waals surface area contributed by atoms with Crippen molar-refractivity contribution in [2.75, 3.05) is 0 Å². The largest absolute Gasteiger partial charge is 0.252 e. The number of fused-ring (bicyclic) bond motifs is 3. The average molecular weight is 707 g/mol. The zero-order valence-electron chi connectivity index (χ0n) is 21.8. The molecule has 18 heteroatoms. The molecule has 8 aromatic rings. The summed E-state index contributed by atoms with van der Waals surface area (Å²) in [6.07, 6.45) is 2.21. The molecule has 8 rings (SSSR count). The average Bonchev–Trinajstić information content (AvgIpc) is 3.83. The highest BCUT2D eigenvalue weighted by Gasteiger charge is 2.26. The van der Waals surface area contributed by atoms with E-state index in [4.69, 9.17) is 0 Å². The zero-order valence-corrected chi connectivity index (χ0v) is 25.1. The van der Waals surface area contributed by atoms with Gasteiger partial charge in [0.25, 0.3) is 23.8 Å². The van der Waals surface area contributed by atoms with Gasteiger partial charge in [0.15, 0.2) is 43.3 Å². The molecule has 0 unspecified atom stereocenters. The first kappa shape index (κ1) is 28.9. The molecular formula is C28H6F8N6S4. The first-order valence-electron chi connectivity index (χ1n) is 12.5. The van der Waals surface area contributed by atoms with Crippen molar-refractivity contribution in [2.45, 2.75) is 0 Å². The van der Waals surface area contributed by atoms with Crippen LogP contribution in [0.5, 0.6) is 0 Å². The molecular weight excluding hydrogens is 701 g/mol. The van der Waals surface area contributed by atoms with Gasteiger partial charge in [0.1, 0.15) is 0 Å². The SMILES string of the molecule is Fc1nc(F)c(F)c(-c2cnc(-c3nc4cc5cc6sc(-c7ncc(-c8c(F)c(F)nc(F)c8F)s7)nc6cc5cc4s3)s2)c1F. The summed E-state index contributed by atoms with van der Waals surface area (Å²) in [6, 6.07) is 7.38. The van der Waals surface area contributed by atoms with Crippen molar-refractivity contribution >= 4 is 76.6 Å². The fraction of sp³-hybridized carbons (Fsp3) is 0. The molecule has 0 N–H and O–H groups in total. The van der Waals surface area contributed by atoms with E-state index in [0.29, 0.717) is 21.0 Å². The number of rotatable bonds is 4. The summed E-state index contributed by atoms with van der Waals surface area (Å²) >= 11 is 4.11. The van der Waals surface area contributed by atoms with Crippen molar-refractivity contribution in [3.05, 3.63) is 83.7 Å². The van der Waals surface area contributed by atoms with E-state index in [1.165, 1.54) is 22.7 Å². The van der Waals surface area contributed by atoms with E-state index in [1.54, 1.807) is 0 Å². The van der Waals surface area contributed by atoms with Crippen molar-refractivity contribution in [3.8, 4) is 40.9 Å². The quantitative estimate of drug-likeness (QED) is 0.134. The van der Waals surface area contributed by atoms with Crippen molar-refractivity contribution < 1.29 is 35.1 Å². The van der Waals surface area contributed by atoms with Gasteiger partial charge in [-0.1, -0.05) is 0 Å². The molecule has 0 amide bonds. The Morgan fingerprint density at radius 1 is 0.413 bits per heavy atom. The Kier molecular flexibility index (Phi) is 6.61. The molecule has 0 aliphatic heterocycles. The minimum atomic E-state index is -1.77. The molecule has 0 bridgehead atoms. The minimum absolute atomic E-state index is 0.139. The number of thiazole rings is 4. The molecule has 46 heavy (non-hydrogen) atoms. The van der Waals surface area contributed by atoms with Crippen LogP contribution in [0, 0.1) is 47.1 Å². The Bertz CT molecular complexity index is 2260. The second-order valence-electron chi connectivity index (χ2n) is 9.48. The summed E-state index contributed by atoms with van der Waals surface area (Å²) in [6.45, 7) is 0. The Morgan fingerprint density at radius 3 is 1.15 bits per heavy atom. The first-order valence-corrected chi connectivity index (χ1v) is 15.8. The number of aromatic nitrogens is 6. The second-order valence-corrected chi connectivity index (χ2v) is 13.6. The number of halogens is 8. The molecule has 0 aliphatic rings. The topological polar surface area (TPSA) is 77.3 Å². The lowest BCUT2D eigenvalue weighted by molar-refractivity contribution is 0.411. The van der Waals surface area contributed by atoms with Crippen LogP contribution in [0.1, 0.15) is 0 Å². The monoisotopic (exact) mass is 706 g/mol. The lowest BCUT2D eigenvalue weighted by atomic mass is 10.1. The molecule has 0 radical (unpaired) electrons. The molecule has 0 fully saturated rings. The van der Waals surface area contributed by atoms with Gasteiger partial charge in [0.05, 0.1) is 41.3 Å². The molecule has 6 aromatic heterocycles. The number of nitrogens with zero attached hydrogens (tertiary/aromatic N) is 6. The van der Waals surface area contributed by atoms with E-state index in [0.717, 1.165) is 55.2 Å². The van der Waals surface area contributed by atoms with Crippen LogP contribution >= 0.6 is 45.3 Å². The highest BCUT2D eigenvalue weighted by atomic mass is 32.1. The summed E-state index contributed by atoms with van der Waals surface area (Å²) in [4.78, 5) is 22.4. The summed E-state index contributed by atoms with van der Waals surface area (Å²) in [5.41, 5.74) is -0.615. The summed E-state index contributed by atoms with van der Waals surface area (Å²) in [7, 11) is 0. The van der Waals surface area contributed by atoms with Gasteiger partial charge in [0, 0.05) is 12.4 Å². The zero-order chi connectivity index (χ0) is 32.0. The maximum absolute atomic E-state index is 14.3. The summed E-state index contributed by atoms with van der Waals surface area (Å²) in [5.74, 6) is -13.6. The van der Waals surface area contributed by atoms with Gasteiger partial charge in [-0.25, -0.2) is 37.5 Å². The van der Waals surface area contributed by atoms with E-state index in [-0.39, 0.29) is 19.8 Å². The van der Waals surface area contributed by atoms with Gasteiger partial charge in [-0.3, -0.25) is 0 Å². The Labute approximate surface area is 265 Å². The highest BCUT2D eigenvalue weighted by molar-refractivity contribution is 7.27. The number of hydrogen-bond donors (Lipinski definition) is 0. The molecule has 0 atom stereocenters. The van der Waals surface area contributed by atoms with E-state index >= 15 is 0 Å². The van der Waals surface area contributed by atoms with Crippen molar-refractivity contribution in [3.63, 3.8) is 0 Å². The predicted octanol–water partition coefficient (Wildman–Crippen LogP) is 9.54. The smallest absolute Gasteiger partial charge is 0.241 e. The van der Waals surface area contributed by atoms with Crippen LogP contribution < -0.4 is 0 Å². The van der Waals surface area contributed by atoms with Crippen LogP contribution in [0.15, 0.2) is 36.7 Å². The predicted molar refractivity (Wildman–Crippen MR) is 159 cm³/mol. The molecule has 2 aromatic carbocycles. The normalized spacial score (nSPS) is 11.9. The highest BCUT2D eigenvalue weighted by Crippen LogP contribution is 2.42. The fourth-order valence-electron chi connectivity index (χ4n) is 4.66. The Balaban J connectivity index is 1.14. The lowest BCUT2D eigenvalue weighted by Crippen LogP contribution is -2.02. The first-order chi connectivity index (χ1) is 22.0. The number of hydrogen-bond acceptors (Lipinski definition) is 10. The van der Waals surface area contributed by atoms with E-state index in [9.17, 15) is 35.1 Å². The molecule has 228 valence electrons. The second kappa shape index (κ2) is 10.5. The standard InChI is InChI=1S/C28H6F8N6S4/c29-17-15(18(30)22(34)41-21(17)33)13-5-37-25(45-13)27-39-9-1-7-3-12-10(2-8(7)4-11(9)43-27)40-28(44-12)26-38-6-14(46-26)16-19(31)23(35)42-24(36)20(16)32/h1-6H. The maximum Gasteiger partial charge on any atom is 0.252 e. The van der Waals surface area contributed by atoms with Gasteiger partial charge in [0.2, 0.25) is 0 Å². The van der Waals surface area contributed by atoms with E-state index in [1.807, 2.05) is 24.3 Å². The van der Waals surface area contributed by atoms with Crippen LogP contribution in [0.2, 0.25) is 0 Å². The van der Waals surface area contributed by atoms with Crippen molar-refractivity contribution in [1.82, 2.24) is 29.9 Å². The summed E-state index contributed by atoms with van der Waals surface area (Å²) in [5, 5.41) is 2.99. The Morgan fingerprint density at radius 2 is 0.783 bits per heavy atom. The minimum Gasteiger partial charge on any atom is -0.241 e. The number of pyridine rings is 2. The van der Waals surface area contributed by atoms with Crippen LogP contribution in [0.4, 0.5) is 35.1 Å². The molecule has 0 aliphatic carbocycles. The van der Waals surface area contributed by atoms with E-state index in [2.05, 4.69) is 29.9 Å². The van der Waals surface area contributed by atoms with Crippen molar-refractivity contribution in [2.24, 2.45) is 0 Å². The van der Waals surface area contributed by atoms with Crippen LogP contribution in [0.25, 0.3) is 72.1 Å². The molecule has 0 spiro atoms. The fourth-order valence-corrected chi connectivity index (χ4v) is 8.60. The third kappa shape index (κ3) is 4.54. The third-order valence-corrected chi connectivity index (χ3v) is 11.1. The van der Waals surface area contributed by atoms with Crippen LogP contribution in [-0.4, -0.2) is 29.9 Å². The van der Waals surface area contributed by atoms with Gasteiger partial charge < -0.3 is 0 Å². The van der Waals surface area contributed by atoms with Gasteiger partial charge in [-0.05, 0) is 35.0 Å². The molecule has 6 nitrogen and oxygen atoms in total. The van der Waals surface area contributed by atoms with Gasteiger partial charge in [-0.15, -0.1) is 45.3 Å². The molecule has 0 saturated carbocycles. The van der Waals surface area contributed by atoms with Gasteiger partial charge >= 0.3 is 0 Å². The van der Waals surface area contributed by atoms with Gasteiger partial charge in [-0.2, -0.15) is 27.5 Å².